The summed E-state index contributed by atoms with van der Waals surface area (Å²) < 4.78 is 0. The van der Waals surface area contributed by atoms with Gasteiger partial charge in [0, 0.05) is 0 Å². The van der Waals surface area contributed by atoms with Gasteiger partial charge in [0.2, 0.25) is 5.91 Å². The van der Waals surface area contributed by atoms with E-state index in [1.807, 2.05) is 5.32 Å². The molecule has 7 N–H and O–H groups in total. The predicted molar refractivity (Wildman–Crippen MR) is 59.2 cm³/mol. The fraction of sp³-hybridized carbons (Fsp3) is 0.200. The summed E-state index contributed by atoms with van der Waals surface area (Å²) in [6.07, 6.45) is 0.104. The highest BCUT2D eigenvalue weighted by Crippen LogP contribution is 2.25. The van der Waals surface area contributed by atoms with Gasteiger partial charge in [0.1, 0.15) is 0 Å². The maximum atomic E-state index is 11.3. The van der Waals surface area contributed by atoms with Gasteiger partial charge in [0.25, 0.3) is 0 Å². The monoisotopic (exact) mass is 239 g/mol. The summed E-state index contributed by atoms with van der Waals surface area (Å²) >= 11 is 0. The zero-order valence-electron chi connectivity index (χ0n) is 8.88. The van der Waals surface area contributed by atoms with E-state index in [0.717, 1.165) is 0 Å². The average molecular weight is 239 g/mol. The number of carbonyl (C=O) groups is 2. The fourth-order valence-corrected chi connectivity index (χ4v) is 1.26. The first-order valence-electron chi connectivity index (χ1n) is 4.77. The van der Waals surface area contributed by atoms with Crippen LogP contribution in [0.4, 0.5) is 4.79 Å². The van der Waals surface area contributed by atoms with E-state index in [2.05, 4.69) is 0 Å². The number of rotatable bonds is 3. The van der Waals surface area contributed by atoms with Crippen molar-refractivity contribution in [3.05, 3.63) is 23.8 Å². The van der Waals surface area contributed by atoms with Crippen molar-refractivity contribution >= 4 is 11.9 Å². The van der Waals surface area contributed by atoms with Crippen LogP contribution < -0.4 is 16.8 Å². The molecule has 0 unspecified atom stereocenters. The van der Waals surface area contributed by atoms with Crippen molar-refractivity contribution in [2.75, 3.05) is 0 Å². The molecule has 1 aromatic carbocycles. The molecule has 0 bridgehead atoms. The summed E-state index contributed by atoms with van der Waals surface area (Å²) in [6.45, 7) is 0. The Balaban J connectivity index is 2.67. The Bertz CT molecular complexity index is 447. The van der Waals surface area contributed by atoms with E-state index in [-0.39, 0.29) is 17.9 Å². The van der Waals surface area contributed by atoms with Gasteiger partial charge in [-0.05, 0) is 24.1 Å². The van der Waals surface area contributed by atoms with Crippen molar-refractivity contribution < 1.29 is 19.8 Å². The maximum absolute atomic E-state index is 11.3. The molecule has 1 aromatic rings. The summed E-state index contributed by atoms with van der Waals surface area (Å²) in [5, 5.41) is 20.2. The van der Waals surface area contributed by atoms with Gasteiger partial charge >= 0.3 is 6.03 Å². The van der Waals surface area contributed by atoms with Gasteiger partial charge in [-0.25, -0.2) is 4.79 Å². The summed E-state index contributed by atoms with van der Waals surface area (Å²) in [4.78, 5) is 21.7. The van der Waals surface area contributed by atoms with Crippen molar-refractivity contribution in [1.29, 1.82) is 0 Å². The quantitative estimate of drug-likeness (QED) is 0.438. The van der Waals surface area contributed by atoms with E-state index in [0.29, 0.717) is 5.56 Å². The molecule has 0 heterocycles. The number of hydrogen-bond acceptors (Lipinski definition) is 5. The molecule has 0 saturated carbocycles. The van der Waals surface area contributed by atoms with Crippen LogP contribution in [0.2, 0.25) is 0 Å². The molecule has 7 nitrogen and oxygen atoms in total. The Kier molecular flexibility index (Phi) is 3.89. The molecule has 7 heteroatoms. The number of amides is 3. The lowest BCUT2D eigenvalue weighted by Crippen LogP contribution is -2.46. The minimum absolute atomic E-state index is 0.104. The summed E-state index contributed by atoms with van der Waals surface area (Å²) in [5.74, 6) is -1.26. The number of phenols is 2. The summed E-state index contributed by atoms with van der Waals surface area (Å²) in [7, 11) is 0. The van der Waals surface area contributed by atoms with E-state index in [1.54, 1.807) is 0 Å². The van der Waals surface area contributed by atoms with E-state index in [9.17, 15) is 14.7 Å². The molecule has 0 aromatic heterocycles. The standard InChI is InChI=1S/C10H13N3O4/c11-6(9(16)13-10(12)17)3-5-1-2-7(14)8(15)4-5/h1-2,4,6,14-15H,3,11H2,(H3,12,13,16,17)/t6-/m0/s1. The van der Waals surface area contributed by atoms with Crippen molar-refractivity contribution in [1.82, 2.24) is 5.32 Å². The van der Waals surface area contributed by atoms with Gasteiger partial charge in [0.15, 0.2) is 11.5 Å². The number of aromatic hydroxyl groups is 2. The third-order valence-corrected chi connectivity index (χ3v) is 2.08. The lowest BCUT2D eigenvalue weighted by molar-refractivity contribution is -0.121. The van der Waals surface area contributed by atoms with Crippen molar-refractivity contribution in [3.8, 4) is 11.5 Å². The second kappa shape index (κ2) is 5.17. The summed E-state index contributed by atoms with van der Waals surface area (Å²) in [6, 6.07) is 2.13. The van der Waals surface area contributed by atoms with E-state index in [4.69, 9.17) is 16.6 Å². The van der Waals surface area contributed by atoms with Gasteiger partial charge in [-0.15, -0.1) is 0 Å². The Morgan fingerprint density at radius 1 is 1.29 bits per heavy atom. The van der Waals surface area contributed by atoms with Crippen LogP contribution in [0, 0.1) is 0 Å². The van der Waals surface area contributed by atoms with Crippen LogP contribution in [0.3, 0.4) is 0 Å². The normalized spacial score (nSPS) is 11.8. The molecule has 1 rings (SSSR count). The number of benzene rings is 1. The van der Waals surface area contributed by atoms with Crippen LogP contribution in [-0.4, -0.2) is 28.2 Å². The van der Waals surface area contributed by atoms with Crippen LogP contribution in [0.5, 0.6) is 11.5 Å². The van der Waals surface area contributed by atoms with Gasteiger partial charge in [0.05, 0.1) is 6.04 Å². The molecule has 3 amide bonds. The third kappa shape index (κ3) is 3.65. The van der Waals surface area contributed by atoms with Crippen molar-refractivity contribution in [2.45, 2.75) is 12.5 Å². The Morgan fingerprint density at radius 2 is 1.94 bits per heavy atom. The molecule has 0 aliphatic carbocycles. The van der Waals surface area contributed by atoms with Gasteiger partial charge < -0.3 is 21.7 Å². The molecule has 0 spiro atoms. The molecule has 17 heavy (non-hydrogen) atoms. The number of carbonyl (C=O) groups excluding carboxylic acids is 2. The lowest BCUT2D eigenvalue weighted by atomic mass is 10.1. The molecular formula is C10H13N3O4. The highest BCUT2D eigenvalue weighted by atomic mass is 16.3. The minimum Gasteiger partial charge on any atom is -0.504 e. The molecule has 0 saturated heterocycles. The number of hydrogen-bond donors (Lipinski definition) is 5. The first-order chi connectivity index (χ1) is 7.90. The fourth-order valence-electron chi connectivity index (χ4n) is 1.26. The second-order valence-corrected chi connectivity index (χ2v) is 3.49. The van der Waals surface area contributed by atoms with Crippen LogP contribution in [0.1, 0.15) is 5.56 Å². The van der Waals surface area contributed by atoms with Crippen LogP contribution in [0.15, 0.2) is 18.2 Å². The van der Waals surface area contributed by atoms with Gasteiger partial charge in [-0.3, -0.25) is 10.1 Å². The predicted octanol–water partition coefficient (Wildman–Crippen LogP) is -0.837. The zero-order valence-corrected chi connectivity index (χ0v) is 8.88. The first kappa shape index (κ1) is 12.8. The van der Waals surface area contributed by atoms with E-state index in [1.165, 1.54) is 18.2 Å². The smallest absolute Gasteiger partial charge is 0.318 e. The number of urea groups is 1. The average Bonchev–Trinajstić information content (AvgIpc) is 2.22. The highest BCUT2D eigenvalue weighted by Gasteiger charge is 2.16. The SMILES string of the molecule is NC(=O)NC(=O)[C@@H](N)Cc1ccc(O)c(O)c1. The Labute approximate surface area is 97.0 Å². The van der Waals surface area contributed by atoms with Crippen molar-refractivity contribution in [2.24, 2.45) is 11.5 Å². The number of primary amides is 1. The molecular weight excluding hydrogens is 226 g/mol. The molecule has 0 radical (unpaired) electrons. The largest absolute Gasteiger partial charge is 0.504 e. The van der Waals surface area contributed by atoms with E-state index >= 15 is 0 Å². The lowest BCUT2D eigenvalue weighted by Gasteiger charge is -2.10. The molecule has 92 valence electrons. The van der Waals surface area contributed by atoms with Crippen LogP contribution in [-0.2, 0) is 11.2 Å². The topological polar surface area (TPSA) is 139 Å². The maximum Gasteiger partial charge on any atom is 0.318 e. The third-order valence-electron chi connectivity index (χ3n) is 2.08. The van der Waals surface area contributed by atoms with E-state index < -0.39 is 18.0 Å². The number of imide groups is 1. The first-order valence-corrected chi connectivity index (χ1v) is 4.77. The number of nitrogens with one attached hydrogen (secondary N) is 1. The van der Waals surface area contributed by atoms with Gasteiger partial charge in [-0.1, -0.05) is 6.07 Å². The van der Waals surface area contributed by atoms with Gasteiger partial charge in [-0.2, -0.15) is 0 Å². The van der Waals surface area contributed by atoms with Crippen LogP contribution >= 0.6 is 0 Å². The van der Waals surface area contributed by atoms with Crippen molar-refractivity contribution in [3.63, 3.8) is 0 Å². The summed E-state index contributed by atoms with van der Waals surface area (Å²) in [5.41, 5.74) is 10.8. The molecule has 1 atom stereocenters. The Morgan fingerprint density at radius 3 is 2.47 bits per heavy atom. The second-order valence-electron chi connectivity index (χ2n) is 3.49. The highest BCUT2D eigenvalue weighted by molar-refractivity contribution is 5.96. The number of phenolic OH excluding ortho intramolecular Hbond substituents is 2. The molecule has 0 aliphatic rings. The van der Waals surface area contributed by atoms with Crippen LogP contribution in [0.25, 0.3) is 0 Å². The molecule has 0 aliphatic heterocycles. The Hall–Kier alpha value is -2.28. The molecule has 0 fully saturated rings. The zero-order chi connectivity index (χ0) is 13.0. The minimum atomic E-state index is -0.973. The number of nitrogens with two attached hydrogens (primary N) is 2.